The SMILES string of the molecule is O=C(N[C@H]1CC[C@@H](C(=O)NCc2ccn[nH]2)CN(C2CCOCC2)C1)C1CCC1. The minimum absolute atomic E-state index is 0.0635. The molecule has 1 aromatic rings. The van der Waals surface area contributed by atoms with Crippen LogP contribution in [-0.4, -0.2) is 65.3 Å². The standard InChI is InChI=1S/C21H33N5O3/c27-20(22-12-17-6-9-23-25-17)16-4-5-18(24-21(28)15-2-1-3-15)14-26(13-16)19-7-10-29-11-8-19/h6,9,15-16,18-19H,1-5,7-8,10-14H2,(H,22,27)(H,23,25)(H,24,28)/t16-,18+/m1/s1. The van der Waals surface area contributed by atoms with E-state index >= 15 is 0 Å². The van der Waals surface area contributed by atoms with Crippen molar-refractivity contribution in [3.05, 3.63) is 18.0 Å². The zero-order valence-corrected chi connectivity index (χ0v) is 17.1. The summed E-state index contributed by atoms with van der Waals surface area (Å²) in [4.78, 5) is 27.8. The second-order valence-electron chi connectivity index (χ2n) is 8.70. The topological polar surface area (TPSA) is 99.3 Å². The number of hydrogen-bond donors (Lipinski definition) is 3. The normalized spacial score (nSPS) is 27.0. The van der Waals surface area contributed by atoms with E-state index < -0.39 is 0 Å². The number of nitrogens with zero attached hydrogens (tertiary/aromatic N) is 2. The number of nitrogens with one attached hydrogen (secondary N) is 3. The van der Waals surface area contributed by atoms with Gasteiger partial charge in [0.05, 0.1) is 18.2 Å². The Hall–Kier alpha value is -1.93. The first-order valence-corrected chi connectivity index (χ1v) is 11.1. The molecule has 2 aliphatic heterocycles. The maximum absolute atomic E-state index is 12.9. The summed E-state index contributed by atoms with van der Waals surface area (Å²) in [7, 11) is 0. The van der Waals surface area contributed by atoms with Crippen molar-refractivity contribution in [1.82, 2.24) is 25.7 Å². The van der Waals surface area contributed by atoms with Gasteiger partial charge >= 0.3 is 0 Å². The van der Waals surface area contributed by atoms with Gasteiger partial charge in [-0.25, -0.2) is 0 Å². The van der Waals surface area contributed by atoms with Gasteiger partial charge in [0.2, 0.25) is 11.8 Å². The molecule has 0 aromatic carbocycles. The molecule has 3 aliphatic rings. The Morgan fingerprint density at radius 3 is 2.59 bits per heavy atom. The van der Waals surface area contributed by atoms with E-state index in [0.29, 0.717) is 12.6 Å². The second kappa shape index (κ2) is 9.71. The highest BCUT2D eigenvalue weighted by Gasteiger charge is 2.34. The minimum Gasteiger partial charge on any atom is -0.381 e. The number of aromatic amines is 1. The molecule has 3 heterocycles. The molecule has 0 bridgehead atoms. The van der Waals surface area contributed by atoms with E-state index in [9.17, 15) is 9.59 Å². The Morgan fingerprint density at radius 1 is 1.07 bits per heavy atom. The van der Waals surface area contributed by atoms with Gasteiger partial charge in [0, 0.05) is 50.5 Å². The Kier molecular flexibility index (Phi) is 6.82. The van der Waals surface area contributed by atoms with E-state index in [4.69, 9.17) is 4.74 Å². The molecular formula is C21H33N5O3. The van der Waals surface area contributed by atoms with Gasteiger partial charge in [-0.3, -0.25) is 19.6 Å². The molecule has 4 rings (SSSR count). The summed E-state index contributed by atoms with van der Waals surface area (Å²) in [6, 6.07) is 2.41. The van der Waals surface area contributed by atoms with Crippen molar-refractivity contribution < 1.29 is 14.3 Å². The van der Waals surface area contributed by atoms with Crippen LogP contribution in [0.1, 0.15) is 50.6 Å². The molecule has 8 nitrogen and oxygen atoms in total. The van der Waals surface area contributed by atoms with Gasteiger partial charge in [0.25, 0.3) is 0 Å². The summed E-state index contributed by atoms with van der Waals surface area (Å²) in [5.41, 5.74) is 0.902. The zero-order chi connectivity index (χ0) is 20.1. The number of H-pyrrole nitrogens is 1. The van der Waals surface area contributed by atoms with E-state index in [1.807, 2.05) is 6.07 Å². The maximum Gasteiger partial charge on any atom is 0.224 e. The van der Waals surface area contributed by atoms with Crippen molar-refractivity contribution in [2.24, 2.45) is 11.8 Å². The monoisotopic (exact) mass is 403 g/mol. The number of ether oxygens (including phenoxy) is 1. The van der Waals surface area contributed by atoms with Gasteiger partial charge in [-0.2, -0.15) is 5.10 Å². The molecule has 0 spiro atoms. The molecule has 1 aromatic heterocycles. The van der Waals surface area contributed by atoms with E-state index in [-0.39, 0.29) is 29.7 Å². The van der Waals surface area contributed by atoms with Crippen molar-refractivity contribution in [2.75, 3.05) is 26.3 Å². The third-order valence-electron chi connectivity index (χ3n) is 6.69. The molecular weight excluding hydrogens is 370 g/mol. The summed E-state index contributed by atoms with van der Waals surface area (Å²) in [5.74, 6) is 0.424. The Bertz CT molecular complexity index is 670. The van der Waals surface area contributed by atoms with E-state index in [2.05, 4.69) is 25.7 Å². The first-order valence-electron chi connectivity index (χ1n) is 11.1. The van der Waals surface area contributed by atoms with Crippen molar-refractivity contribution in [1.29, 1.82) is 0 Å². The van der Waals surface area contributed by atoms with Crippen LogP contribution in [0.3, 0.4) is 0 Å². The van der Waals surface area contributed by atoms with Gasteiger partial charge in [0.15, 0.2) is 0 Å². The van der Waals surface area contributed by atoms with Gasteiger partial charge in [0.1, 0.15) is 0 Å². The van der Waals surface area contributed by atoms with Gasteiger partial charge < -0.3 is 15.4 Å². The lowest BCUT2D eigenvalue weighted by atomic mass is 9.84. The fraction of sp³-hybridized carbons (Fsp3) is 0.762. The smallest absolute Gasteiger partial charge is 0.224 e. The molecule has 29 heavy (non-hydrogen) atoms. The van der Waals surface area contributed by atoms with Crippen LogP contribution in [0.25, 0.3) is 0 Å². The van der Waals surface area contributed by atoms with Gasteiger partial charge in [-0.1, -0.05) is 6.42 Å². The zero-order valence-electron chi connectivity index (χ0n) is 17.1. The highest BCUT2D eigenvalue weighted by molar-refractivity contribution is 5.80. The number of aromatic nitrogens is 2. The molecule has 8 heteroatoms. The molecule has 160 valence electrons. The van der Waals surface area contributed by atoms with Crippen molar-refractivity contribution in [3.8, 4) is 0 Å². The predicted octanol–water partition coefficient (Wildman–Crippen LogP) is 1.20. The summed E-state index contributed by atoms with van der Waals surface area (Å²) in [5, 5.41) is 13.1. The number of hydrogen-bond acceptors (Lipinski definition) is 5. The predicted molar refractivity (Wildman–Crippen MR) is 108 cm³/mol. The van der Waals surface area contributed by atoms with Crippen LogP contribution < -0.4 is 10.6 Å². The van der Waals surface area contributed by atoms with Crippen LogP contribution >= 0.6 is 0 Å². The Labute approximate surface area is 172 Å². The fourth-order valence-electron chi connectivity index (χ4n) is 4.61. The molecule has 1 aliphatic carbocycles. The first-order chi connectivity index (χ1) is 14.2. The molecule has 2 amide bonds. The third-order valence-corrected chi connectivity index (χ3v) is 6.69. The van der Waals surface area contributed by atoms with Crippen LogP contribution in [0.5, 0.6) is 0 Å². The number of amides is 2. The van der Waals surface area contributed by atoms with Crippen LogP contribution in [0.2, 0.25) is 0 Å². The fourth-order valence-corrected chi connectivity index (χ4v) is 4.61. The number of rotatable bonds is 6. The molecule has 3 fully saturated rings. The lowest BCUT2D eigenvalue weighted by molar-refractivity contribution is -0.128. The summed E-state index contributed by atoms with van der Waals surface area (Å²) < 4.78 is 5.54. The van der Waals surface area contributed by atoms with Crippen LogP contribution in [0.4, 0.5) is 0 Å². The van der Waals surface area contributed by atoms with Crippen molar-refractivity contribution in [2.45, 2.75) is 63.6 Å². The Morgan fingerprint density at radius 2 is 1.90 bits per heavy atom. The summed E-state index contributed by atoms with van der Waals surface area (Å²) in [6.07, 6.45) is 8.51. The summed E-state index contributed by atoms with van der Waals surface area (Å²) >= 11 is 0. The van der Waals surface area contributed by atoms with Crippen molar-refractivity contribution in [3.63, 3.8) is 0 Å². The molecule has 3 N–H and O–H groups in total. The average molecular weight is 404 g/mol. The lowest BCUT2D eigenvalue weighted by Crippen LogP contribution is -2.50. The lowest BCUT2D eigenvalue weighted by Gasteiger charge is -2.36. The molecule has 2 saturated heterocycles. The van der Waals surface area contributed by atoms with E-state index in [1.165, 1.54) is 0 Å². The van der Waals surface area contributed by atoms with Crippen LogP contribution in [0, 0.1) is 11.8 Å². The molecule has 0 unspecified atom stereocenters. The van der Waals surface area contributed by atoms with E-state index in [0.717, 1.165) is 76.9 Å². The van der Waals surface area contributed by atoms with Crippen LogP contribution in [0.15, 0.2) is 12.3 Å². The molecule has 2 atom stereocenters. The Balaban J connectivity index is 1.38. The van der Waals surface area contributed by atoms with Gasteiger partial charge in [-0.05, 0) is 44.6 Å². The maximum atomic E-state index is 12.9. The molecule has 0 radical (unpaired) electrons. The average Bonchev–Trinajstić information content (AvgIpc) is 3.12. The number of carbonyl (C=O) groups excluding carboxylic acids is 2. The summed E-state index contributed by atoms with van der Waals surface area (Å²) in [6.45, 7) is 3.59. The first kappa shape index (κ1) is 20.3. The van der Waals surface area contributed by atoms with E-state index in [1.54, 1.807) is 6.20 Å². The second-order valence-corrected chi connectivity index (χ2v) is 8.70. The quantitative estimate of drug-likeness (QED) is 0.663. The largest absolute Gasteiger partial charge is 0.381 e. The minimum atomic E-state index is -0.0635. The highest BCUT2D eigenvalue weighted by atomic mass is 16.5. The highest BCUT2D eigenvalue weighted by Crippen LogP contribution is 2.28. The molecule has 1 saturated carbocycles. The van der Waals surface area contributed by atoms with Gasteiger partial charge in [-0.15, -0.1) is 0 Å². The third kappa shape index (κ3) is 5.36. The number of carbonyl (C=O) groups is 2. The number of likely N-dealkylation sites (tertiary alicyclic amines) is 1. The van der Waals surface area contributed by atoms with Crippen LogP contribution in [-0.2, 0) is 20.9 Å². The van der Waals surface area contributed by atoms with Crippen molar-refractivity contribution >= 4 is 11.8 Å².